The SMILES string of the molecule is CCc1nc(CN2CCN(C(=O)CCC3Cc4ccccc4NC3=O)CC2)no1. The third-order valence-corrected chi connectivity index (χ3v) is 5.72. The van der Waals surface area contributed by atoms with Crippen LogP contribution in [0.1, 0.15) is 37.0 Å². The summed E-state index contributed by atoms with van der Waals surface area (Å²) in [5.74, 6) is 1.37. The molecule has 0 bridgehead atoms. The number of amides is 2. The molecule has 3 heterocycles. The number of aryl methyl sites for hydroxylation is 1. The van der Waals surface area contributed by atoms with Gasteiger partial charge in [-0.1, -0.05) is 30.3 Å². The molecule has 1 aromatic heterocycles. The minimum absolute atomic E-state index is 0.0212. The third kappa shape index (κ3) is 4.64. The van der Waals surface area contributed by atoms with Gasteiger partial charge in [-0.2, -0.15) is 4.98 Å². The van der Waals surface area contributed by atoms with Gasteiger partial charge in [0.25, 0.3) is 0 Å². The minimum Gasteiger partial charge on any atom is -0.340 e. The van der Waals surface area contributed by atoms with Crippen molar-refractivity contribution >= 4 is 17.5 Å². The van der Waals surface area contributed by atoms with Gasteiger partial charge in [-0.05, 0) is 24.5 Å². The Morgan fingerprint density at radius 2 is 2.03 bits per heavy atom. The zero-order chi connectivity index (χ0) is 20.2. The van der Waals surface area contributed by atoms with Crippen LogP contribution in [0.15, 0.2) is 28.8 Å². The van der Waals surface area contributed by atoms with Gasteiger partial charge in [0.15, 0.2) is 5.82 Å². The van der Waals surface area contributed by atoms with Crippen LogP contribution < -0.4 is 5.32 Å². The second-order valence-corrected chi connectivity index (χ2v) is 7.70. The predicted molar refractivity (Wildman–Crippen MR) is 107 cm³/mol. The van der Waals surface area contributed by atoms with Gasteiger partial charge in [0.05, 0.1) is 6.54 Å². The number of fused-ring (bicyclic) bond motifs is 1. The molecule has 1 saturated heterocycles. The molecule has 8 nitrogen and oxygen atoms in total. The number of carbonyl (C=O) groups excluding carboxylic acids is 2. The smallest absolute Gasteiger partial charge is 0.227 e. The number of piperazine rings is 1. The number of anilines is 1. The first-order chi connectivity index (χ1) is 14.1. The molecule has 4 rings (SSSR count). The van der Waals surface area contributed by atoms with Crippen LogP contribution in [0.2, 0.25) is 0 Å². The molecule has 1 unspecified atom stereocenters. The van der Waals surface area contributed by atoms with Gasteiger partial charge in [0.2, 0.25) is 17.7 Å². The summed E-state index contributed by atoms with van der Waals surface area (Å²) in [5.41, 5.74) is 2.04. The molecule has 0 saturated carbocycles. The lowest BCUT2D eigenvalue weighted by molar-refractivity contribution is -0.133. The number of aromatic nitrogens is 2. The number of nitrogens with one attached hydrogen (secondary N) is 1. The van der Waals surface area contributed by atoms with E-state index in [1.807, 2.05) is 36.1 Å². The summed E-state index contributed by atoms with van der Waals surface area (Å²) in [7, 11) is 0. The van der Waals surface area contributed by atoms with E-state index in [9.17, 15) is 9.59 Å². The number of carbonyl (C=O) groups is 2. The first-order valence-corrected chi connectivity index (χ1v) is 10.3. The maximum Gasteiger partial charge on any atom is 0.227 e. The lowest BCUT2D eigenvalue weighted by Gasteiger charge is -2.34. The van der Waals surface area contributed by atoms with Gasteiger partial charge in [-0.15, -0.1) is 0 Å². The maximum atomic E-state index is 12.6. The molecule has 2 amide bonds. The summed E-state index contributed by atoms with van der Waals surface area (Å²) in [6.45, 7) is 5.59. The minimum atomic E-state index is -0.138. The Balaban J connectivity index is 1.22. The second-order valence-electron chi connectivity index (χ2n) is 7.70. The van der Waals surface area contributed by atoms with Crippen molar-refractivity contribution in [3.63, 3.8) is 0 Å². The van der Waals surface area contributed by atoms with E-state index in [1.165, 1.54) is 0 Å². The second kappa shape index (κ2) is 8.73. The highest BCUT2D eigenvalue weighted by atomic mass is 16.5. The Kier molecular flexibility index (Phi) is 5.89. The molecule has 154 valence electrons. The molecule has 0 aliphatic carbocycles. The van der Waals surface area contributed by atoms with Gasteiger partial charge in [-0.25, -0.2) is 0 Å². The highest BCUT2D eigenvalue weighted by molar-refractivity contribution is 5.96. The molecule has 2 aliphatic heterocycles. The maximum absolute atomic E-state index is 12.6. The number of para-hydroxylation sites is 1. The number of rotatable bonds is 6. The molecule has 8 heteroatoms. The first kappa shape index (κ1) is 19.6. The van der Waals surface area contributed by atoms with E-state index in [0.717, 1.165) is 30.8 Å². The Hall–Kier alpha value is -2.74. The van der Waals surface area contributed by atoms with E-state index >= 15 is 0 Å². The van der Waals surface area contributed by atoms with Crippen molar-refractivity contribution in [2.75, 3.05) is 31.5 Å². The van der Waals surface area contributed by atoms with E-state index in [1.54, 1.807) is 0 Å². The van der Waals surface area contributed by atoms with E-state index in [4.69, 9.17) is 4.52 Å². The standard InChI is InChI=1S/C21H27N5O3/c1-2-19-23-18(24-29-19)14-25-9-11-26(12-10-25)20(27)8-7-16-13-15-5-3-4-6-17(15)22-21(16)28/h3-6,16H,2,7-14H2,1H3,(H,22,28). The normalized spacial score (nSPS) is 19.7. The van der Waals surface area contributed by atoms with Gasteiger partial charge >= 0.3 is 0 Å². The van der Waals surface area contributed by atoms with Gasteiger partial charge < -0.3 is 14.7 Å². The van der Waals surface area contributed by atoms with Crippen LogP contribution >= 0.6 is 0 Å². The molecule has 29 heavy (non-hydrogen) atoms. The number of nitrogens with zero attached hydrogens (tertiary/aromatic N) is 4. The molecule has 1 atom stereocenters. The van der Waals surface area contributed by atoms with Crippen molar-refractivity contribution in [1.82, 2.24) is 19.9 Å². The first-order valence-electron chi connectivity index (χ1n) is 10.3. The van der Waals surface area contributed by atoms with Gasteiger partial charge in [0.1, 0.15) is 0 Å². The van der Waals surface area contributed by atoms with Gasteiger partial charge in [-0.3, -0.25) is 14.5 Å². The van der Waals surface area contributed by atoms with Crippen LogP contribution in [0.5, 0.6) is 0 Å². The zero-order valence-corrected chi connectivity index (χ0v) is 16.8. The van der Waals surface area contributed by atoms with Crippen molar-refractivity contribution in [1.29, 1.82) is 0 Å². The number of benzene rings is 1. The van der Waals surface area contributed by atoms with Crippen molar-refractivity contribution in [3.8, 4) is 0 Å². The molecular weight excluding hydrogens is 370 g/mol. The fourth-order valence-electron chi connectivity index (χ4n) is 3.96. The van der Waals surface area contributed by atoms with Crippen LogP contribution in [0, 0.1) is 5.92 Å². The van der Waals surface area contributed by atoms with Crippen LogP contribution in [0.3, 0.4) is 0 Å². The third-order valence-electron chi connectivity index (χ3n) is 5.72. The average Bonchev–Trinajstić information content (AvgIpc) is 3.20. The molecule has 2 aliphatic rings. The quantitative estimate of drug-likeness (QED) is 0.800. The summed E-state index contributed by atoms with van der Waals surface area (Å²) in [6.07, 6.45) is 2.43. The highest BCUT2D eigenvalue weighted by Crippen LogP contribution is 2.27. The van der Waals surface area contributed by atoms with Crippen LogP contribution in [0.25, 0.3) is 0 Å². The van der Waals surface area contributed by atoms with Crippen LogP contribution in [-0.2, 0) is 29.0 Å². The van der Waals surface area contributed by atoms with E-state index in [-0.39, 0.29) is 17.7 Å². The van der Waals surface area contributed by atoms with Crippen molar-refractivity contribution < 1.29 is 14.1 Å². The average molecular weight is 397 g/mol. The molecular formula is C21H27N5O3. The Morgan fingerprint density at radius 3 is 2.79 bits per heavy atom. The van der Waals surface area contributed by atoms with Gasteiger partial charge in [0, 0.05) is 50.6 Å². The van der Waals surface area contributed by atoms with Crippen molar-refractivity contribution in [2.45, 2.75) is 39.2 Å². The topological polar surface area (TPSA) is 91.6 Å². The summed E-state index contributed by atoms with van der Waals surface area (Å²) >= 11 is 0. The summed E-state index contributed by atoms with van der Waals surface area (Å²) < 4.78 is 5.15. The molecule has 1 aromatic carbocycles. The van der Waals surface area contributed by atoms with Crippen molar-refractivity contribution in [3.05, 3.63) is 41.5 Å². The summed E-state index contributed by atoms with van der Waals surface area (Å²) in [6, 6.07) is 7.86. The van der Waals surface area contributed by atoms with Crippen LogP contribution in [0.4, 0.5) is 5.69 Å². The zero-order valence-electron chi connectivity index (χ0n) is 16.8. The fourth-order valence-corrected chi connectivity index (χ4v) is 3.96. The van der Waals surface area contributed by atoms with E-state index in [0.29, 0.717) is 50.6 Å². The lowest BCUT2D eigenvalue weighted by Crippen LogP contribution is -2.48. The monoisotopic (exact) mass is 397 g/mol. The highest BCUT2D eigenvalue weighted by Gasteiger charge is 2.28. The summed E-state index contributed by atoms with van der Waals surface area (Å²) in [4.78, 5) is 33.4. The molecule has 0 spiro atoms. The summed E-state index contributed by atoms with van der Waals surface area (Å²) in [5, 5.41) is 6.95. The predicted octanol–water partition coefficient (Wildman–Crippen LogP) is 1.87. The fraction of sp³-hybridized carbons (Fsp3) is 0.524. The number of hydrogen-bond donors (Lipinski definition) is 1. The molecule has 0 radical (unpaired) electrons. The number of hydrogen-bond acceptors (Lipinski definition) is 6. The molecule has 2 aromatic rings. The molecule has 1 fully saturated rings. The Bertz CT molecular complexity index is 873. The van der Waals surface area contributed by atoms with Crippen LogP contribution in [-0.4, -0.2) is 57.9 Å². The Labute approximate surface area is 170 Å². The Morgan fingerprint density at radius 1 is 1.24 bits per heavy atom. The molecule has 1 N–H and O–H groups in total. The van der Waals surface area contributed by atoms with Crippen molar-refractivity contribution in [2.24, 2.45) is 5.92 Å². The largest absolute Gasteiger partial charge is 0.340 e. The van der Waals surface area contributed by atoms with E-state index in [2.05, 4.69) is 20.4 Å². The lowest BCUT2D eigenvalue weighted by atomic mass is 9.89. The van der Waals surface area contributed by atoms with E-state index < -0.39 is 0 Å².